The number of unbranched alkanes of at least 4 members (excludes halogenated alkanes) is 4. The Hall–Kier alpha value is -1.08. The molecule has 2 heteroatoms. The first-order chi connectivity index (χ1) is 17.1. The SMILES string of the molecule is CCCCCCCC1CCC(CCC2CCC(C3(Cl)C=CC(c4ccccc4F)=CC3)CC2)CC1. The second-order valence-electron chi connectivity index (χ2n) is 12.0. The predicted molar refractivity (Wildman–Crippen MR) is 150 cm³/mol. The van der Waals surface area contributed by atoms with Crippen molar-refractivity contribution in [1.29, 1.82) is 0 Å². The van der Waals surface area contributed by atoms with Gasteiger partial charge in [-0.2, -0.15) is 0 Å². The summed E-state index contributed by atoms with van der Waals surface area (Å²) in [6, 6.07) is 7.05. The molecule has 0 radical (unpaired) electrons. The van der Waals surface area contributed by atoms with Crippen molar-refractivity contribution in [3.05, 3.63) is 53.9 Å². The molecule has 1 unspecified atom stereocenters. The van der Waals surface area contributed by atoms with Crippen LogP contribution in [0.15, 0.2) is 42.5 Å². The van der Waals surface area contributed by atoms with E-state index in [1.165, 1.54) is 109 Å². The van der Waals surface area contributed by atoms with Gasteiger partial charge in [-0.1, -0.05) is 133 Å². The van der Waals surface area contributed by atoms with E-state index in [0.29, 0.717) is 11.5 Å². The Kier molecular flexibility index (Phi) is 10.4. The van der Waals surface area contributed by atoms with E-state index in [9.17, 15) is 4.39 Å². The fourth-order valence-electron chi connectivity index (χ4n) is 7.08. The summed E-state index contributed by atoms with van der Waals surface area (Å²) in [4.78, 5) is -0.283. The van der Waals surface area contributed by atoms with Gasteiger partial charge < -0.3 is 0 Å². The monoisotopic (exact) mass is 498 g/mol. The third kappa shape index (κ3) is 7.70. The van der Waals surface area contributed by atoms with E-state index in [1.54, 1.807) is 6.07 Å². The van der Waals surface area contributed by atoms with Crippen LogP contribution in [0.2, 0.25) is 0 Å². The van der Waals surface area contributed by atoms with Gasteiger partial charge in [-0.25, -0.2) is 4.39 Å². The van der Waals surface area contributed by atoms with Crippen LogP contribution in [0.4, 0.5) is 4.39 Å². The van der Waals surface area contributed by atoms with Crippen LogP contribution in [0.3, 0.4) is 0 Å². The van der Waals surface area contributed by atoms with Crippen molar-refractivity contribution >= 4 is 17.2 Å². The molecule has 1 atom stereocenters. The Bertz CT molecular complexity index is 825. The molecule has 2 saturated carbocycles. The number of rotatable bonds is 11. The molecule has 1 aromatic rings. The smallest absolute Gasteiger partial charge is 0.131 e. The summed E-state index contributed by atoms with van der Waals surface area (Å²) in [5.41, 5.74) is 1.66. The summed E-state index contributed by atoms with van der Waals surface area (Å²) in [6.07, 6.45) is 29.8. The lowest BCUT2D eigenvalue weighted by Gasteiger charge is -2.39. The molecular weight excluding hydrogens is 451 g/mol. The van der Waals surface area contributed by atoms with Crippen molar-refractivity contribution in [3.8, 4) is 0 Å². The molecule has 3 aliphatic rings. The molecule has 0 N–H and O–H groups in total. The van der Waals surface area contributed by atoms with Crippen molar-refractivity contribution in [1.82, 2.24) is 0 Å². The van der Waals surface area contributed by atoms with Gasteiger partial charge in [0, 0.05) is 5.56 Å². The van der Waals surface area contributed by atoms with E-state index >= 15 is 0 Å². The molecule has 0 bridgehead atoms. The Balaban J connectivity index is 1.13. The lowest BCUT2D eigenvalue weighted by molar-refractivity contribution is 0.200. The van der Waals surface area contributed by atoms with Gasteiger partial charge in [-0.05, 0) is 54.6 Å². The molecule has 194 valence electrons. The maximum Gasteiger partial charge on any atom is 0.131 e. The highest BCUT2D eigenvalue weighted by atomic mass is 35.5. The number of allylic oxidation sites excluding steroid dienone is 4. The second-order valence-corrected chi connectivity index (χ2v) is 12.7. The summed E-state index contributed by atoms with van der Waals surface area (Å²) in [5, 5.41) is 0. The van der Waals surface area contributed by atoms with Crippen molar-refractivity contribution in [2.75, 3.05) is 0 Å². The van der Waals surface area contributed by atoms with Crippen LogP contribution in [0, 0.1) is 29.5 Å². The Morgan fingerprint density at radius 3 is 2.00 bits per heavy atom. The van der Waals surface area contributed by atoms with Crippen molar-refractivity contribution in [2.24, 2.45) is 23.7 Å². The van der Waals surface area contributed by atoms with Crippen molar-refractivity contribution in [3.63, 3.8) is 0 Å². The van der Waals surface area contributed by atoms with Crippen LogP contribution >= 0.6 is 11.6 Å². The van der Waals surface area contributed by atoms with Crippen LogP contribution in [0.25, 0.3) is 5.57 Å². The lowest BCUT2D eigenvalue weighted by atomic mass is 9.70. The van der Waals surface area contributed by atoms with Gasteiger partial charge in [-0.3, -0.25) is 0 Å². The van der Waals surface area contributed by atoms with E-state index in [4.69, 9.17) is 11.6 Å². The maximum absolute atomic E-state index is 14.2. The quantitative estimate of drug-likeness (QED) is 0.210. The van der Waals surface area contributed by atoms with Gasteiger partial charge in [0.25, 0.3) is 0 Å². The van der Waals surface area contributed by atoms with Gasteiger partial charge in [0.05, 0.1) is 4.87 Å². The highest BCUT2D eigenvalue weighted by Gasteiger charge is 2.37. The molecular formula is C33H48ClF. The third-order valence-corrected chi connectivity index (χ3v) is 10.1. The average molecular weight is 499 g/mol. The van der Waals surface area contributed by atoms with Crippen LogP contribution < -0.4 is 0 Å². The molecule has 1 aromatic carbocycles. The Morgan fingerprint density at radius 1 is 0.800 bits per heavy atom. The third-order valence-electron chi connectivity index (χ3n) is 9.55. The number of hydrogen-bond donors (Lipinski definition) is 0. The van der Waals surface area contributed by atoms with E-state index in [1.807, 2.05) is 12.1 Å². The summed E-state index contributed by atoms with van der Waals surface area (Å²) in [6.45, 7) is 2.30. The molecule has 0 nitrogen and oxygen atoms in total. The van der Waals surface area contributed by atoms with Crippen LogP contribution in [-0.2, 0) is 0 Å². The first-order valence-electron chi connectivity index (χ1n) is 14.9. The average Bonchev–Trinajstić information content (AvgIpc) is 2.89. The number of alkyl halides is 1. The van der Waals surface area contributed by atoms with E-state index in [2.05, 4.69) is 25.2 Å². The zero-order chi connectivity index (χ0) is 24.5. The summed E-state index contributed by atoms with van der Waals surface area (Å²) >= 11 is 7.14. The van der Waals surface area contributed by atoms with E-state index in [0.717, 1.165) is 29.7 Å². The highest BCUT2D eigenvalue weighted by molar-refractivity contribution is 6.26. The van der Waals surface area contributed by atoms with Crippen molar-refractivity contribution in [2.45, 2.75) is 121 Å². The summed E-state index contributed by atoms with van der Waals surface area (Å²) in [7, 11) is 0. The topological polar surface area (TPSA) is 0 Å². The minimum absolute atomic E-state index is 0.151. The van der Waals surface area contributed by atoms with Gasteiger partial charge in [0.1, 0.15) is 5.82 Å². The predicted octanol–water partition coefficient (Wildman–Crippen LogP) is 10.9. The number of hydrogen-bond acceptors (Lipinski definition) is 0. The normalized spacial score (nSPS) is 31.3. The zero-order valence-corrected chi connectivity index (χ0v) is 22.9. The molecule has 4 rings (SSSR count). The van der Waals surface area contributed by atoms with Crippen LogP contribution in [-0.4, -0.2) is 4.87 Å². The molecule has 35 heavy (non-hydrogen) atoms. The molecule has 0 aliphatic heterocycles. The fraction of sp³-hybridized carbons (Fsp3) is 0.697. The molecule has 0 aromatic heterocycles. The standard InChI is InChI=1S/C33H48ClF/c1-2-3-4-5-6-9-26-12-14-27(15-13-26)16-17-28-18-20-30(21-19-28)33(34)24-22-29(23-25-33)31-10-7-8-11-32(31)35/h7-8,10-11,22-24,26-28,30H,2-6,9,12-21,25H2,1H3. The lowest BCUT2D eigenvalue weighted by Crippen LogP contribution is -2.34. The minimum atomic E-state index is -0.283. The van der Waals surface area contributed by atoms with Gasteiger partial charge in [0.15, 0.2) is 0 Å². The van der Waals surface area contributed by atoms with Crippen LogP contribution in [0.5, 0.6) is 0 Å². The van der Waals surface area contributed by atoms with Gasteiger partial charge in [0.2, 0.25) is 0 Å². The molecule has 0 amide bonds. The Labute approximate surface area is 219 Å². The largest absolute Gasteiger partial charge is 0.206 e. The summed E-state index contributed by atoms with van der Waals surface area (Å²) in [5.74, 6) is 3.32. The summed E-state index contributed by atoms with van der Waals surface area (Å²) < 4.78 is 14.2. The molecule has 0 saturated heterocycles. The minimum Gasteiger partial charge on any atom is -0.206 e. The Morgan fingerprint density at radius 2 is 1.40 bits per heavy atom. The van der Waals surface area contributed by atoms with Crippen LogP contribution in [0.1, 0.15) is 122 Å². The molecule has 0 spiro atoms. The highest BCUT2D eigenvalue weighted by Crippen LogP contribution is 2.46. The van der Waals surface area contributed by atoms with E-state index < -0.39 is 0 Å². The van der Waals surface area contributed by atoms with E-state index in [-0.39, 0.29) is 10.7 Å². The van der Waals surface area contributed by atoms with Gasteiger partial charge >= 0.3 is 0 Å². The first kappa shape index (κ1) is 27.0. The van der Waals surface area contributed by atoms with Crippen molar-refractivity contribution < 1.29 is 4.39 Å². The molecule has 0 heterocycles. The number of benzene rings is 1. The second kappa shape index (κ2) is 13.5. The molecule has 3 aliphatic carbocycles. The fourth-order valence-corrected chi connectivity index (χ4v) is 7.43. The molecule has 2 fully saturated rings. The first-order valence-corrected chi connectivity index (χ1v) is 15.3. The number of halogens is 2. The zero-order valence-electron chi connectivity index (χ0n) is 22.1. The maximum atomic E-state index is 14.2. The van der Waals surface area contributed by atoms with Gasteiger partial charge in [-0.15, -0.1) is 11.6 Å².